The van der Waals surface area contributed by atoms with Crippen LogP contribution in [0.3, 0.4) is 0 Å². The van der Waals surface area contributed by atoms with Crippen LogP contribution in [0.5, 0.6) is 17.5 Å². The molecule has 1 amide bonds. The summed E-state index contributed by atoms with van der Waals surface area (Å²) in [6, 6.07) is 11.0. The van der Waals surface area contributed by atoms with Gasteiger partial charge in [0.1, 0.15) is 17.4 Å². The van der Waals surface area contributed by atoms with Crippen molar-refractivity contribution in [2.24, 2.45) is 0 Å². The smallest absolute Gasteiger partial charge is 0.257 e. The maximum absolute atomic E-state index is 12.9. The highest BCUT2D eigenvalue weighted by molar-refractivity contribution is 9.10. The lowest BCUT2D eigenvalue weighted by atomic mass is 9.92. The fourth-order valence-corrected chi connectivity index (χ4v) is 3.77. The number of carbonyl (C=O) groups excluding carboxylic acids is 1. The van der Waals surface area contributed by atoms with Crippen LogP contribution in [0.4, 0.5) is 0 Å². The molecule has 1 aliphatic rings. The summed E-state index contributed by atoms with van der Waals surface area (Å²) in [5.41, 5.74) is 0.412. The molecule has 2 aromatic heterocycles. The zero-order valence-electron chi connectivity index (χ0n) is 16.2. The maximum Gasteiger partial charge on any atom is 0.257 e. The van der Waals surface area contributed by atoms with E-state index in [9.17, 15) is 4.79 Å². The molecular formula is C22H21BrN4O3. The molecule has 3 aromatic rings. The molecule has 0 spiro atoms. The fraction of sp³-hybridized carbons (Fsp3) is 0.273. The Labute approximate surface area is 183 Å². The number of carbonyl (C=O) groups is 1. The van der Waals surface area contributed by atoms with Crippen molar-refractivity contribution in [3.63, 3.8) is 0 Å². The molecule has 30 heavy (non-hydrogen) atoms. The predicted octanol–water partition coefficient (Wildman–Crippen LogP) is 4.55. The Bertz CT molecular complexity index is 994. The molecule has 1 aliphatic carbocycles. The van der Waals surface area contributed by atoms with E-state index in [1.807, 2.05) is 24.3 Å². The summed E-state index contributed by atoms with van der Waals surface area (Å²) in [7, 11) is 0. The Morgan fingerprint density at radius 2 is 1.90 bits per heavy atom. The van der Waals surface area contributed by atoms with E-state index in [-0.39, 0.29) is 23.9 Å². The van der Waals surface area contributed by atoms with Gasteiger partial charge in [-0.15, -0.1) is 0 Å². The Morgan fingerprint density at radius 3 is 2.67 bits per heavy atom. The van der Waals surface area contributed by atoms with Gasteiger partial charge in [0.2, 0.25) is 11.8 Å². The lowest BCUT2D eigenvalue weighted by molar-refractivity contribution is 0.0887. The number of benzene rings is 1. The van der Waals surface area contributed by atoms with E-state index in [0.717, 1.165) is 30.2 Å². The van der Waals surface area contributed by atoms with E-state index < -0.39 is 0 Å². The molecule has 1 aromatic carbocycles. The Kier molecular flexibility index (Phi) is 6.53. The Morgan fingerprint density at radius 1 is 1.03 bits per heavy atom. The van der Waals surface area contributed by atoms with Crippen LogP contribution >= 0.6 is 15.9 Å². The highest BCUT2D eigenvalue weighted by atomic mass is 79.9. The molecule has 1 N–H and O–H groups in total. The van der Waals surface area contributed by atoms with Crippen molar-refractivity contribution in [2.75, 3.05) is 0 Å². The van der Waals surface area contributed by atoms with E-state index in [1.54, 1.807) is 36.9 Å². The molecule has 0 saturated heterocycles. The van der Waals surface area contributed by atoms with E-state index in [1.165, 1.54) is 0 Å². The quantitative estimate of drug-likeness (QED) is 0.570. The normalized spacial score (nSPS) is 18.4. The third-order valence-electron chi connectivity index (χ3n) is 4.86. The number of rotatable bonds is 6. The number of nitrogens with zero attached hydrogens (tertiary/aromatic N) is 3. The van der Waals surface area contributed by atoms with Gasteiger partial charge in [-0.2, -0.15) is 0 Å². The molecule has 0 bridgehead atoms. The maximum atomic E-state index is 12.9. The van der Waals surface area contributed by atoms with Crippen LogP contribution in [-0.4, -0.2) is 33.0 Å². The summed E-state index contributed by atoms with van der Waals surface area (Å²) in [5.74, 6) is 1.24. The van der Waals surface area contributed by atoms with Crippen LogP contribution in [0.15, 0.2) is 65.7 Å². The minimum atomic E-state index is -0.189. The number of nitrogens with one attached hydrogen (secondary N) is 1. The molecule has 1 fully saturated rings. The van der Waals surface area contributed by atoms with Crippen molar-refractivity contribution in [1.82, 2.24) is 20.3 Å². The van der Waals surface area contributed by atoms with Gasteiger partial charge in [-0.3, -0.25) is 9.78 Å². The highest BCUT2D eigenvalue weighted by Gasteiger charge is 2.25. The number of aromatic nitrogens is 3. The SMILES string of the molecule is O=C(NC1CCC(Oc2cnccn2)CC1)c1cccnc1Oc1cccc(Br)c1. The lowest BCUT2D eigenvalue weighted by Gasteiger charge is -2.29. The lowest BCUT2D eigenvalue weighted by Crippen LogP contribution is -2.39. The van der Waals surface area contributed by atoms with Gasteiger partial charge in [-0.1, -0.05) is 22.0 Å². The monoisotopic (exact) mass is 468 g/mol. The van der Waals surface area contributed by atoms with Crippen LogP contribution in [0, 0.1) is 0 Å². The first-order chi connectivity index (χ1) is 14.7. The number of ether oxygens (including phenoxy) is 2. The van der Waals surface area contributed by atoms with Gasteiger partial charge < -0.3 is 14.8 Å². The fourth-order valence-electron chi connectivity index (χ4n) is 3.39. The summed E-state index contributed by atoms with van der Waals surface area (Å²) < 4.78 is 12.6. The van der Waals surface area contributed by atoms with Crippen LogP contribution in [0.2, 0.25) is 0 Å². The van der Waals surface area contributed by atoms with Crippen molar-refractivity contribution in [1.29, 1.82) is 0 Å². The standard InChI is InChI=1S/C22H21BrN4O3/c23-15-3-1-4-18(13-15)30-22-19(5-2-10-26-22)21(28)27-16-6-8-17(9-7-16)29-20-14-24-11-12-25-20/h1-5,10-14,16-17H,6-9H2,(H,27,28). The van der Waals surface area contributed by atoms with E-state index >= 15 is 0 Å². The van der Waals surface area contributed by atoms with Crippen LogP contribution in [-0.2, 0) is 0 Å². The average Bonchev–Trinajstić information content (AvgIpc) is 2.76. The first kappa shape index (κ1) is 20.3. The summed E-state index contributed by atoms with van der Waals surface area (Å²) in [4.78, 5) is 25.3. The Hall–Kier alpha value is -3.00. The number of hydrogen-bond acceptors (Lipinski definition) is 6. The van der Waals surface area contributed by atoms with Crippen molar-refractivity contribution in [3.8, 4) is 17.5 Å². The van der Waals surface area contributed by atoms with E-state index in [2.05, 4.69) is 36.2 Å². The molecule has 0 aliphatic heterocycles. The number of halogens is 1. The van der Waals surface area contributed by atoms with Gasteiger partial charge >= 0.3 is 0 Å². The number of pyridine rings is 1. The van der Waals surface area contributed by atoms with Crippen molar-refractivity contribution < 1.29 is 14.3 Å². The molecule has 4 rings (SSSR count). The van der Waals surface area contributed by atoms with Crippen molar-refractivity contribution in [2.45, 2.75) is 37.8 Å². The van der Waals surface area contributed by atoms with Gasteiger partial charge in [0.05, 0.1) is 6.20 Å². The molecule has 0 radical (unpaired) electrons. The van der Waals surface area contributed by atoms with Crippen LogP contribution < -0.4 is 14.8 Å². The second-order valence-corrected chi connectivity index (χ2v) is 7.94. The van der Waals surface area contributed by atoms with Gasteiger partial charge in [0, 0.05) is 29.1 Å². The molecule has 7 nitrogen and oxygen atoms in total. The van der Waals surface area contributed by atoms with Crippen LogP contribution in [0.1, 0.15) is 36.0 Å². The third-order valence-corrected chi connectivity index (χ3v) is 5.36. The number of amides is 1. The Balaban J connectivity index is 1.34. The molecule has 1 saturated carbocycles. The second kappa shape index (κ2) is 9.67. The topological polar surface area (TPSA) is 86.2 Å². The second-order valence-electron chi connectivity index (χ2n) is 7.02. The first-order valence-electron chi connectivity index (χ1n) is 9.79. The van der Waals surface area contributed by atoms with Gasteiger partial charge in [0.25, 0.3) is 5.91 Å². The average molecular weight is 469 g/mol. The van der Waals surface area contributed by atoms with Gasteiger partial charge in [0.15, 0.2) is 0 Å². The summed E-state index contributed by atoms with van der Waals surface area (Å²) in [6.45, 7) is 0. The van der Waals surface area contributed by atoms with Gasteiger partial charge in [-0.05, 0) is 56.0 Å². The minimum absolute atomic E-state index is 0.0816. The van der Waals surface area contributed by atoms with Crippen molar-refractivity contribution in [3.05, 3.63) is 71.2 Å². The molecular weight excluding hydrogens is 448 g/mol. The summed E-state index contributed by atoms with van der Waals surface area (Å²) in [6.07, 6.45) is 9.89. The molecule has 154 valence electrons. The molecule has 2 heterocycles. The van der Waals surface area contributed by atoms with Crippen LogP contribution in [0.25, 0.3) is 0 Å². The first-order valence-corrected chi connectivity index (χ1v) is 10.6. The van der Waals surface area contributed by atoms with Gasteiger partial charge in [-0.25, -0.2) is 9.97 Å². The summed E-state index contributed by atoms with van der Waals surface area (Å²) in [5, 5.41) is 3.11. The minimum Gasteiger partial charge on any atom is -0.473 e. The molecule has 8 heteroatoms. The van der Waals surface area contributed by atoms with E-state index in [0.29, 0.717) is 17.2 Å². The summed E-state index contributed by atoms with van der Waals surface area (Å²) >= 11 is 3.42. The zero-order valence-corrected chi connectivity index (χ0v) is 17.8. The highest BCUT2D eigenvalue weighted by Crippen LogP contribution is 2.27. The zero-order chi connectivity index (χ0) is 20.8. The predicted molar refractivity (Wildman–Crippen MR) is 115 cm³/mol. The number of hydrogen-bond donors (Lipinski definition) is 1. The van der Waals surface area contributed by atoms with Crippen molar-refractivity contribution >= 4 is 21.8 Å². The molecule has 0 unspecified atom stereocenters. The molecule has 0 atom stereocenters. The van der Waals surface area contributed by atoms with E-state index in [4.69, 9.17) is 9.47 Å². The third kappa shape index (κ3) is 5.33. The largest absolute Gasteiger partial charge is 0.473 e.